The first-order valence-electron chi connectivity index (χ1n) is 8.15. The molecule has 3 rings (SSSR count). The zero-order valence-corrected chi connectivity index (χ0v) is 14.5. The van der Waals surface area contributed by atoms with Crippen molar-refractivity contribution in [3.05, 3.63) is 105 Å². The van der Waals surface area contributed by atoms with Crippen molar-refractivity contribution in [1.82, 2.24) is 10.4 Å². The van der Waals surface area contributed by atoms with Crippen LogP contribution in [-0.4, -0.2) is 21.5 Å². The third kappa shape index (κ3) is 4.21. The Kier molecular flexibility index (Phi) is 5.32. The van der Waals surface area contributed by atoms with E-state index in [-0.39, 0.29) is 5.69 Å². The first-order chi connectivity index (χ1) is 13.1. The van der Waals surface area contributed by atoms with Gasteiger partial charge < -0.3 is 0 Å². The minimum atomic E-state index is -0.480. The number of nitrogens with zero attached hydrogens (tertiary/aromatic N) is 3. The third-order valence-electron chi connectivity index (χ3n) is 3.93. The molecule has 7 nitrogen and oxygen atoms in total. The van der Waals surface area contributed by atoms with Gasteiger partial charge >= 0.3 is 0 Å². The van der Waals surface area contributed by atoms with Gasteiger partial charge in [-0.15, -0.1) is 0 Å². The lowest BCUT2D eigenvalue weighted by atomic mass is 10.0. The Labute approximate surface area is 155 Å². The van der Waals surface area contributed by atoms with Crippen LogP contribution in [-0.2, 0) is 0 Å². The zero-order chi connectivity index (χ0) is 19.2. The van der Waals surface area contributed by atoms with Crippen molar-refractivity contribution in [2.75, 3.05) is 0 Å². The Balaban J connectivity index is 1.90. The van der Waals surface area contributed by atoms with Crippen molar-refractivity contribution >= 4 is 17.3 Å². The van der Waals surface area contributed by atoms with Gasteiger partial charge in [-0.25, -0.2) is 5.43 Å². The Morgan fingerprint density at radius 2 is 1.67 bits per heavy atom. The molecule has 0 aliphatic rings. The van der Waals surface area contributed by atoms with Crippen LogP contribution >= 0.6 is 0 Å². The van der Waals surface area contributed by atoms with Crippen LogP contribution in [0.15, 0.2) is 78.2 Å². The maximum atomic E-state index is 12.4. The standard InChI is InChI=1S/C20H16N4O3/c1-14-13-17(7-8-18(14)24(26)27)20(25)23-22-19(15-5-3-2-4-6-15)16-9-11-21-12-10-16/h2-13H,1H3,(H,23,25). The minimum absolute atomic E-state index is 0.0307. The molecule has 0 bridgehead atoms. The second-order valence-electron chi connectivity index (χ2n) is 5.76. The van der Waals surface area contributed by atoms with E-state index in [0.29, 0.717) is 16.8 Å². The van der Waals surface area contributed by atoms with Crippen molar-refractivity contribution in [1.29, 1.82) is 0 Å². The lowest BCUT2D eigenvalue weighted by Gasteiger charge is -2.08. The molecule has 0 fully saturated rings. The molecule has 0 unspecified atom stereocenters. The van der Waals surface area contributed by atoms with E-state index in [4.69, 9.17) is 0 Å². The van der Waals surface area contributed by atoms with E-state index in [9.17, 15) is 14.9 Å². The molecule has 0 aliphatic carbocycles. The summed E-state index contributed by atoms with van der Waals surface area (Å²) in [5.41, 5.74) is 5.43. The summed E-state index contributed by atoms with van der Waals surface area (Å²) >= 11 is 0. The molecule has 0 atom stereocenters. The maximum absolute atomic E-state index is 12.4. The summed E-state index contributed by atoms with van der Waals surface area (Å²) in [5, 5.41) is 15.2. The fraction of sp³-hybridized carbons (Fsp3) is 0.0500. The van der Waals surface area contributed by atoms with Crippen LogP contribution in [0.3, 0.4) is 0 Å². The summed E-state index contributed by atoms with van der Waals surface area (Å²) in [6.07, 6.45) is 3.30. The zero-order valence-electron chi connectivity index (χ0n) is 14.5. The van der Waals surface area contributed by atoms with E-state index in [1.54, 1.807) is 31.5 Å². The lowest BCUT2D eigenvalue weighted by Crippen LogP contribution is -2.20. The van der Waals surface area contributed by atoms with Crippen molar-refractivity contribution < 1.29 is 9.72 Å². The highest BCUT2D eigenvalue weighted by atomic mass is 16.6. The van der Waals surface area contributed by atoms with Gasteiger partial charge in [0.1, 0.15) is 0 Å². The van der Waals surface area contributed by atoms with Crippen LogP contribution < -0.4 is 5.43 Å². The Morgan fingerprint density at radius 3 is 2.30 bits per heavy atom. The molecule has 3 aromatic rings. The first kappa shape index (κ1) is 17.9. The summed E-state index contributed by atoms with van der Waals surface area (Å²) in [6.45, 7) is 1.59. The van der Waals surface area contributed by atoms with Gasteiger partial charge in [0.25, 0.3) is 11.6 Å². The fourth-order valence-electron chi connectivity index (χ4n) is 2.57. The molecule has 0 radical (unpaired) electrons. The minimum Gasteiger partial charge on any atom is -0.267 e. The molecular formula is C20H16N4O3. The number of aryl methyl sites for hydroxylation is 1. The van der Waals surface area contributed by atoms with Gasteiger partial charge in [0.15, 0.2) is 0 Å². The molecule has 27 heavy (non-hydrogen) atoms. The summed E-state index contributed by atoms with van der Waals surface area (Å²) in [5.74, 6) is -0.449. The number of carbonyl (C=O) groups excluding carboxylic acids is 1. The van der Waals surface area contributed by atoms with Crippen LogP contribution in [0.1, 0.15) is 27.0 Å². The maximum Gasteiger partial charge on any atom is 0.272 e. The van der Waals surface area contributed by atoms with E-state index in [2.05, 4.69) is 15.5 Å². The number of pyridine rings is 1. The smallest absolute Gasteiger partial charge is 0.267 e. The van der Waals surface area contributed by atoms with Gasteiger partial charge in [0, 0.05) is 40.7 Å². The number of nitro groups is 1. The average Bonchev–Trinajstić information content (AvgIpc) is 2.69. The molecule has 7 heteroatoms. The highest BCUT2D eigenvalue weighted by Gasteiger charge is 2.14. The SMILES string of the molecule is Cc1cc(C(=O)NN=C(c2ccccc2)c2ccncc2)ccc1[N+](=O)[O-]. The quantitative estimate of drug-likeness (QED) is 0.428. The number of nitrogens with one attached hydrogen (secondary N) is 1. The molecule has 1 amide bonds. The van der Waals surface area contributed by atoms with Gasteiger partial charge in [-0.3, -0.25) is 19.9 Å². The van der Waals surface area contributed by atoms with Gasteiger partial charge in [-0.05, 0) is 31.2 Å². The lowest BCUT2D eigenvalue weighted by molar-refractivity contribution is -0.385. The first-order valence-corrected chi connectivity index (χ1v) is 8.15. The number of hydrogen-bond donors (Lipinski definition) is 1. The van der Waals surface area contributed by atoms with E-state index in [0.717, 1.165) is 11.1 Å². The number of rotatable bonds is 5. The summed E-state index contributed by atoms with van der Waals surface area (Å²) in [4.78, 5) is 26.9. The van der Waals surface area contributed by atoms with Crippen molar-refractivity contribution in [2.45, 2.75) is 6.92 Å². The van der Waals surface area contributed by atoms with Crippen LogP contribution in [0, 0.1) is 17.0 Å². The fourth-order valence-corrected chi connectivity index (χ4v) is 2.57. The Hall–Kier alpha value is -3.87. The second-order valence-corrected chi connectivity index (χ2v) is 5.76. The van der Waals surface area contributed by atoms with Gasteiger partial charge in [0.05, 0.1) is 10.6 Å². The van der Waals surface area contributed by atoms with Crippen molar-refractivity contribution in [3.8, 4) is 0 Å². The second kappa shape index (κ2) is 8.01. The molecule has 0 saturated carbocycles. The van der Waals surface area contributed by atoms with Crippen LogP contribution in [0.2, 0.25) is 0 Å². The third-order valence-corrected chi connectivity index (χ3v) is 3.93. The highest BCUT2D eigenvalue weighted by Crippen LogP contribution is 2.18. The van der Waals surface area contributed by atoms with Crippen LogP contribution in [0.25, 0.3) is 0 Å². The Bertz CT molecular complexity index is 961. The number of aromatic nitrogens is 1. The normalized spacial score (nSPS) is 11.1. The molecule has 134 valence electrons. The monoisotopic (exact) mass is 360 g/mol. The number of nitro benzene ring substituents is 1. The van der Waals surface area contributed by atoms with E-state index in [1.165, 1.54) is 18.2 Å². The predicted octanol–water partition coefficient (Wildman–Crippen LogP) is 3.48. The van der Waals surface area contributed by atoms with E-state index in [1.807, 2.05) is 30.3 Å². The molecule has 1 N–H and O–H groups in total. The number of carbonyl (C=O) groups is 1. The molecule has 2 aromatic carbocycles. The largest absolute Gasteiger partial charge is 0.272 e. The van der Waals surface area contributed by atoms with Gasteiger partial charge in [0.2, 0.25) is 0 Å². The molecule has 1 heterocycles. The number of benzene rings is 2. The summed E-state index contributed by atoms with van der Waals surface area (Å²) in [6, 6.07) is 17.2. The molecular weight excluding hydrogens is 344 g/mol. The molecule has 0 saturated heterocycles. The van der Waals surface area contributed by atoms with E-state index >= 15 is 0 Å². The topological polar surface area (TPSA) is 97.5 Å². The van der Waals surface area contributed by atoms with Crippen molar-refractivity contribution in [3.63, 3.8) is 0 Å². The van der Waals surface area contributed by atoms with Crippen LogP contribution in [0.4, 0.5) is 5.69 Å². The number of hydrazone groups is 1. The number of amides is 1. The predicted molar refractivity (Wildman–Crippen MR) is 102 cm³/mol. The van der Waals surface area contributed by atoms with Crippen molar-refractivity contribution in [2.24, 2.45) is 5.10 Å². The summed E-state index contributed by atoms with van der Waals surface area (Å²) in [7, 11) is 0. The molecule has 1 aromatic heterocycles. The average molecular weight is 360 g/mol. The van der Waals surface area contributed by atoms with E-state index < -0.39 is 10.8 Å². The van der Waals surface area contributed by atoms with Gasteiger partial charge in [-0.2, -0.15) is 5.10 Å². The number of hydrogen-bond acceptors (Lipinski definition) is 5. The molecule has 0 aliphatic heterocycles. The van der Waals surface area contributed by atoms with Crippen LogP contribution in [0.5, 0.6) is 0 Å². The molecule has 0 spiro atoms. The highest BCUT2D eigenvalue weighted by molar-refractivity contribution is 6.13. The summed E-state index contributed by atoms with van der Waals surface area (Å²) < 4.78 is 0. The van der Waals surface area contributed by atoms with Gasteiger partial charge in [-0.1, -0.05) is 30.3 Å². The Morgan fingerprint density at radius 1 is 1.00 bits per heavy atom.